The van der Waals surface area contributed by atoms with Crippen molar-refractivity contribution in [2.45, 2.75) is 25.3 Å². The lowest BCUT2D eigenvalue weighted by atomic mass is 10.1. The van der Waals surface area contributed by atoms with Gasteiger partial charge >= 0.3 is 0 Å². The van der Waals surface area contributed by atoms with E-state index in [1.54, 1.807) is 14.2 Å². The summed E-state index contributed by atoms with van der Waals surface area (Å²) in [4.78, 5) is 6.73. The zero-order valence-corrected chi connectivity index (χ0v) is 17.4. The third-order valence-corrected chi connectivity index (χ3v) is 5.76. The summed E-state index contributed by atoms with van der Waals surface area (Å²) in [6.07, 6.45) is 4.26. The third kappa shape index (κ3) is 7.38. The van der Waals surface area contributed by atoms with Gasteiger partial charge in [0.1, 0.15) is 15.6 Å². The molecule has 1 aromatic carbocycles. The number of hydrogen-bond donors (Lipinski definition) is 2. The Hall–Kier alpha value is -1.80. The highest BCUT2D eigenvalue weighted by Gasteiger charge is 2.24. The van der Waals surface area contributed by atoms with Gasteiger partial charge in [-0.05, 0) is 50.0 Å². The molecule has 0 aromatic heterocycles. The molecule has 0 bridgehead atoms. The highest BCUT2D eigenvalue weighted by molar-refractivity contribution is 7.90. The first-order valence-corrected chi connectivity index (χ1v) is 11.5. The number of benzene rings is 1. The van der Waals surface area contributed by atoms with Crippen LogP contribution < -0.4 is 15.4 Å². The zero-order valence-electron chi connectivity index (χ0n) is 16.6. The second-order valence-electron chi connectivity index (χ2n) is 6.90. The van der Waals surface area contributed by atoms with Crippen LogP contribution in [0.2, 0.25) is 0 Å². The number of ether oxygens (including phenoxy) is 1. The molecule has 1 aliphatic rings. The summed E-state index contributed by atoms with van der Waals surface area (Å²) in [6, 6.07) is 8.44. The van der Waals surface area contributed by atoms with E-state index in [-0.39, 0.29) is 11.8 Å². The second-order valence-corrected chi connectivity index (χ2v) is 9.16. The lowest BCUT2D eigenvalue weighted by molar-refractivity contribution is 0.245. The lowest BCUT2D eigenvalue weighted by Gasteiger charge is -2.29. The van der Waals surface area contributed by atoms with Crippen LogP contribution in [-0.4, -0.2) is 71.6 Å². The van der Waals surface area contributed by atoms with Gasteiger partial charge in [-0.15, -0.1) is 0 Å². The monoisotopic (exact) mass is 396 g/mol. The first-order valence-electron chi connectivity index (χ1n) is 9.43. The van der Waals surface area contributed by atoms with Crippen molar-refractivity contribution in [3.8, 4) is 5.75 Å². The number of sulfone groups is 1. The van der Waals surface area contributed by atoms with Crippen molar-refractivity contribution >= 4 is 15.8 Å². The van der Waals surface area contributed by atoms with Gasteiger partial charge in [-0.2, -0.15) is 0 Å². The number of nitrogens with one attached hydrogen (secondary N) is 2. The molecule has 0 spiro atoms. The molecule has 1 atom stereocenters. The molecule has 1 aromatic rings. The maximum atomic E-state index is 11.2. The van der Waals surface area contributed by atoms with E-state index in [1.165, 1.54) is 24.7 Å². The Bertz CT molecular complexity index is 715. The van der Waals surface area contributed by atoms with Gasteiger partial charge in [0.15, 0.2) is 5.96 Å². The van der Waals surface area contributed by atoms with Crippen molar-refractivity contribution in [1.82, 2.24) is 15.5 Å². The van der Waals surface area contributed by atoms with Crippen LogP contribution in [0.15, 0.2) is 29.3 Å². The number of guanidine groups is 1. The van der Waals surface area contributed by atoms with Gasteiger partial charge in [-0.3, -0.25) is 9.89 Å². The average Bonchev–Trinajstić information content (AvgIpc) is 3.17. The molecule has 2 rings (SSSR count). The van der Waals surface area contributed by atoms with Gasteiger partial charge < -0.3 is 15.4 Å². The lowest BCUT2D eigenvalue weighted by Crippen LogP contribution is -2.43. The van der Waals surface area contributed by atoms with Crippen molar-refractivity contribution in [2.75, 3.05) is 52.3 Å². The van der Waals surface area contributed by atoms with Crippen LogP contribution in [0.3, 0.4) is 0 Å². The molecule has 0 amide bonds. The Balaban J connectivity index is 1.95. The SMILES string of the molecule is CN=C(NCCCS(C)(=O)=O)NCC(c1cccc(OC)c1)N1CCCC1. The van der Waals surface area contributed by atoms with Crippen LogP contribution in [0.4, 0.5) is 0 Å². The first-order chi connectivity index (χ1) is 12.9. The molecule has 1 heterocycles. The fraction of sp³-hybridized carbons (Fsp3) is 0.632. The van der Waals surface area contributed by atoms with E-state index in [0.29, 0.717) is 18.9 Å². The highest BCUT2D eigenvalue weighted by Crippen LogP contribution is 2.27. The Morgan fingerprint density at radius 1 is 1.30 bits per heavy atom. The number of nitrogens with zero attached hydrogens (tertiary/aromatic N) is 2. The predicted molar refractivity (Wildman–Crippen MR) is 110 cm³/mol. The van der Waals surface area contributed by atoms with Gasteiger partial charge in [-0.1, -0.05) is 12.1 Å². The van der Waals surface area contributed by atoms with E-state index in [9.17, 15) is 8.42 Å². The summed E-state index contributed by atoms with van der Waals surface area (Å²) in [5, 5.41) is 6.58. The number of rotatable bonds is 9. The average molecular weight is 397 g/mol. The van der Waals surface area contributed by atoms with Gasteiger partial charge in [0, 0.05) is 26.4 Å². The minimum absolute atomic E-state index is 0.178. The van der Waals surface area contributed by atoms with Crippen molar-refractivity contribution in [1.29, 1.82) is 0 Å². The van der Waals surface area contributed by atoms with Crippen LogP contribution in [0.5, 0.6) is 5.75 Å². The molecule has 2 N–H and O–H groups in total. The smallest absolute Gasteiger partial charge is 0.191 e. The van der Waals surface area contributed by atoms with Gasteiger partial charge in [0.2, 0.25) is 0 Å². The van der Waals surface area contributed by atoms with Gasteiger partial charge in [0.25, 0.3) is 0 Å². The summed E-state index contributed by atoms with van der Waals surface area (Å²) in [5.41, 5.74) is 1.22. The Labute approximate surface area is 163 Å². The van der Waals surface area contributed by atoms with E-state index in [1.807, 2.05) is 12.1 Å². The van der Waals surface area contributed by atoms with Gasteiger partial charge in [0.05, 0.1) is 18.9 Å². The minimum Gasteiger partial charge on any atom is -0.497 e. The van der Waals surface area contributed by atoms with Crippen LogP contribution in [0.25, 0.3) is 0 Å². The zero-order chi connectivity index (χ0) is 19.7. The van der Waals surface area contributed by atoms with Crippen LogP contribution in [0, 0.1) is 0 Å². The molecule has 0 aliphatic carbocycles. The van der Waals surface area contributed by atoms with E-state index in [2.05, 4.69) is 32.7 Å². The fourth-order valence-corrected chi connectivity index (χ4v) is 3.98. The maximum Gasteiger partial charge on any atom is 0.191 e. The fourth-order valence-electron chi connectivity index (χ4n) is 3.31. The van der Waals surface area contributed by atoms with E-state index in [4.69, 9.17) is 4.74 Å². The number of hydrogen-bond acceptors (Lipinski definition) is 5. The molecular formula is C19H32N4O3S. The Kier molecular flexibility index (Phi) is 8.37. The highest BCUT2D eigenvalue weighted by atomic mass is 32.2. The summed E-state index contributed by atoms with van der Waals surface area (Å²) in [5.74, 6) is 1.73. The quantitative estimate of drug-likeness (QED) is 0.373. The van der Waals surface area contributed by atoms with E-state index < -0.39 is 9.84 Å². The second kappa shape index (κ2) is 10.5. The van der Waals surface area contributed by atoms with E-state index in [0.717, 1.165) is 25.4 Å². The Morgan fingerprint density at radius 3 is 2.67 bits per heavy atom. The first kappa shape index (κ1) is 21.5. The summed E-state index contributed by atoms with van der Waals surface area (Å²) in [7, 11) is 0.482. The topological polar surface area (TPSA) is 83.0 Å². The molecule has 1 unspecified atom stereocenters. The van der Waals surface area contributed by atoms with E-state index >= 15 is 0 Å². The van der Waals surface area contributed by atoms with Crippen molar-refractivity contribution in [2.24, 2.45) is 4.99 Å². The molecule has 1 fully saturated rings. The minimum atomic E-state index is -2.93. The molecule has 7 nitrogen and oxygen atoms in total. The largest absolute Gasteiger partial charge is 0.497 e. The number of aliphatic imine (C=N–C) groups is 1. The molecule has 27 heavy (non-hydrogen) atoms. The van der Waals surface area contributed by atoms with Crippen molar-refractivity contribution < 1.29 is 13.2 Å². The molecular weight excluding hydrogens is 364 g/mol. The van der Waals surface area contributed by atoms with Crippen molar-refractivity contribution in [3.05, 3.63) is 29.8 Å². The van der Waals surface area contributed by atoms with Crippen molar-refractivity contribution in [3.63, 3.8) is 0 Å². The molecule has 152 valence electrons. The standard InChI is InChI=1S/C19H32N4O3S/c1-20-19(21-10-7-13-27(3,24)25)22-15-18(23-11-4-5-12-23)16-8-6-9-17(14-16)26-2/h6,8-9,14,18H,4-5,7,10-13,15H2,1-3H3,(H2,20,21,22). The third-order valence-electron chi connectivity index (χ3n) is 4.73. The number of likely N-dealkylation sites (tertiary alicyclic amines) is 1. The maximum absolute atomic E-state index is 11.2. The summed E-state index contributed by atoms with van der Waals surface area (Å²) >= 11 is 0. The molecule has 0 radical (unpaired) electrons. The summed E-state index contributed by atoms with van der Waals surface area (Å²) in [6.45, 7) is 3.47. The summed E-state index contributed by atoms with van der Waals surface area (Å²) < 4.78 is 27.8. The molecule has 1 aliphatic heterocycles. The van der Waals surface area contributed by atoms with Gasteiger partial charge in [-0.25, -0.2) is 8.42 Å². The van der Waals surface area contributed by atoms with Crippen LogP contribution in [-0.2, 0) is 9.84 Å². The van der Waals surface area contributed by atoms with Crippen LogP contribution in [0.1, 0.15) is 30.9 Å². The molecule has 8 heteroatoms. The number of methoxy groups -OCH3 is 1. The molecule has 1 saturated heterocycles. The molecule has 0 saturated carbocycles. The van der Waals surface area contributed by atoms with Crippen LogP contribution >= 0.6 is 0 Å². The predicted octanol–water partition coefficient (Wildman–Crippen LogP) is 1.43. The Morgan fingerprint density at radius 2 is 2.04 bits per heavy atom. The normalized spacial score (nSPS) is 16.9.